The second-order valence-corrected chi connectivity index (χ2v) is 8.79. The number of nitro benzene ring substituents is 1. The zero-order valence-corrected chi connectivity index (χ0v) is 17.8. The van der Waals surface area contributed by atoms with Gasteiger partial charge in [0.15, 0.2) is 12.4 Å². The van der Waals surface area contributed by atoms with Gasteiger partial charge in [0, 0.05) is 23.6 Å². The minimum absolute atomic E-state index is 0.0374. The molecular formula is C24H21NO8. The van der Waals surface area contributed by atoms with E-state index in [0.29, 0.717) is 29.0 Å². The molecule has 0 spiro atoms. The van der Waals surface area contributed by atoms with Crippen molar-refractivity contribution in [3.63, 3.8) is 0 Å². The molecule has 1 saturated heterocycles. The lowest BCUT2D eigenvalue weighted by Crippen LogP contribution is -2.34. The first-order chi connectivity index (χ1) is 15.8. The predicted octanol–water partition coefficient (Wildman–Crippen LogP) is 3.62. The number of benzene rings is 2. The average molecular weight is 451 g/mol. The number of carbonyl (C=O) groups is 3. The topological polar surface area (TPSA) is 122 Å². The predicted molar refractivity (Wildman–Crippen MR) is 113 cm³/mol. The highest BCUT2D eigenvalue weighted by Crippen LogP contribution is 2.57. The van der Waals surface area contributed by atoms with Crippen LogP contribution >= 0.6 is 0 Å². The van der Waals surface area contributed by atoms with Crippen LogP contribution in [0, 0.1) is 40.7 Å². The van der Waals surface area contributed by atoms with Crippen molar-refractivity contribution in [3.8, 4) is 11.5 Å². The number of Topliss-reactive ketones (excluding diaryl/α,β-unsaturated/α-hetero) is 1. The molecule has 0 radical (unpaired) electrons. The molecule has 5 atom stereocenters. The van der Waals surface area contributed by atoms with E-state index >= 15 is 0 Å². The van der Waals surface area contributed by atoms with Gasteiger partial charge in [-0.05, 0) is 61.6 Å². The lowest BCUT2D eigenvalue weighted by atomic mass is 9.80. The second-order valence-electron chi connectivity index (χ2n) is 8.79. The first kappa shape index (κ1) is 21.1. The van der Waals surface area contributed by atoms with E-state index in [4.69, 9.17) is 14.2 Å². The second kappa shape index (κ2) is 7.99. The quantitative estimate of drug-likeness (QED) is 0.271. The molecule has 9 nitrogen and oxygen atoms in total. The van der Waals surface area contributed by atoms with Crippen LogP contribution in [-0.4, -0.2) is 35.4 Å². The van der Waals surface area contributed by atoms with Crippen molar-refractivity contribution in [2.45, 2.75) is 25.9 Å². The maximum Gasteiger partial charge on any atom is 0.310 e. The van der Waals surface area contributed by atoms with Crippen molar-refractivity contribution in [3.05, 3.63) is 63.7 Å². The van der Waals surface area contributed by atoms with Crippen molar-refractivity contribution in [2.24, 2.45) is 23.7 Å². The number of rotatable bonds is 7. The van der Waals surface area contributed by atoms with Gasteiger partial charge in [-0.2, -0.15) is 0 Å². The Labute approximate surface area is 188 Å². The Morgan fingerprint density at radius 1 is 1.15 bits per heavy atom. The maximum atomic E-state index is 12.7. The molecule has 3 fully saturated rings. The van der Waals surface area contributed by atoms with Crippen LogP contribution in [-0.2, 0) is 19.1 Å². The van der Waals surface area contributed by atoms with Gasteiger partial charge in [0.05, 0.1) is 16.8 Å². The summed E-state index contributed by atoms with van der Waals surface area (Å²) in [5.74, 6) is -1.04. The fraction of sp³-hybridized carbons (Fsp3) is 0.375. The third-order valence-corrected chi connectivity index (χ3v) is 6.87. The van der Waals surface area contributed by atoms with Gasteiger partial charge >= 0.3 is 11.9 Å². The molecule has 9 heteroatoms. The van der Waals surface area contributed by atoms with Crippen LogP contribution in [0.15, 0.2) is 42.5 Å². The minimum atomic E-state index is -0.520. The van der Waals surface area contributed by atoms with Crippen LogP contribution in [0.1, 0.15) is 28.8 Å². The largest absolute Gasteiger partial charge is 0.462 e. The summed E-state index contributed by atoms with van der Waals surface area (Å²) in [6.45, 7) is 1.36. The Morgan fingerprint density at radius 2 is 1.91 bits per heavy atom. The molecule has 2 aromatic carbocycles. The summed E-state index contributed by atoms with van der Waals surface area (Å²) in [5.41, 5.74) is 1.01. The standard InChI is InChI=1S/C24H21NO8/c1-12-8-13(2-7-19(12)32-16-5-3-15(4-6-16)25(29)30)18(26)11-31-23(27)21-14-9-17-20(10-14)33-24(28)22(17)21/h2-8,14,17,20-22H,9-11H2,1H3/t14-,17+,20+,21-,22+/m1/s1. The Bertz CT molecular complexity index is 1160. The SMILES string of the molecule is Cc1cc(C(=O)COC(=O)[C@@H]2[C@@H]3C[C@@H]4[C@@H]2C(=O)O[C@H]4C3)ccc1Oc1ccc([N+](=O)[O-])cc1. The highest BCUT2D eigenvalue weighted by molar-refractivity contribution is 5.98. The summed E-state index contributed by atoms with van der Waals surface area (Å²) >= 11 is 0. The van der Waals surface area contributed by atoms with Crippen molar-refractivity contribution in [1.82, 2.24) is 0 Å². The molecule has 5 rings (SSSR count). The van der Waals surface area contributed by atoms with Crippen LogP contribution < -0.4 is 4.74 Å². The van der Waals surface area contributed by atoms with E-state index in [1.165, 1.54) is 24.3 Å². The van der Waals surface area contributed by atoms with Crippen molar-refractivity contribution >= 4 is 23.4 Å². The number of carbonyl (C=O) groups excluding carboxylic acids is 3. The van der Waals surface area contributed by atoms with E-state index in [9.17, 15) is 24.5 Å². The molecule has 2 aromatic rings. The molecule has 0 amide bonds. The van der Waals surface area contributed by atoms with Gasteiger partial charge in [0.2, 0.25) is 0 Å². The van der Waals surface area contributed by atoms with E-state index in [0.717, 1.165) is 6.42 Å². The van der Waals surface area contributed by atoms with Crippen molar-refractivity contribution in [2.75, 3.05) is 6.61 Å². The van der Waals surface area contributed by atoms with E-state index < -0.39 is 29.3 Å². The highest BCUT2D eigenvalue weighted by atomic mass is 16.6. The fourth-order valence-electron chi connectivity index (χ4n) is 5.34. The molecule has 2 saturated carbocycles. The summed E-state index contributed by atoms with van der Waals surface area (Å²) in [7, 11) is 0. The molecule has 1 heterocycles. The van der Waals surface area contributed by atoms with Crippen LogP contribution in [0.25, 0.3) is 0 Å². The average Bonchev–Trinajstić information content (AvgIpc) is 3.42. The number of ether oxygens (including phenoxy) is 3. The fourth-order valence-corrected chi connectivity index (χ4v) is 5.34. The minimum Gasteiger partial charge on any atom is -0.462 e. The van der Waals surface area contributed by atoms with Crippen LogP contribution in [0.3, 0.4) is 0 Å². The molecule has 0 N–H and O–H groups in total. The Hall–Kier alpha value is -3.75. The van der Waals surface area contributed by atoms with Gasteiger partial charge < -0.3 is 14.2 Å². The first-order valence-electron chi connectivity index (χ1n) is 10.7. The van der Waals surface area contributed by atoms with Crippen LogP contribution in [0.2, 0.25) is 0 Å². The summed E-state index contributed by atoms with van der Waals surface area (Å²) in [4.78, 5) is 47.6. The molecule has 170 valence electrons. The Morgan fingerprint density at radius 3 is 2.61 bits per heavy atom. The molecular weight excluding hydrogens is 430 g/mol. The van der Waals surface area contributed by atoms with Crippen molar-refractivity contribution < 1.29 is 33.5 Å². The van der Waals surface area contributed by atoms with E-state index in [1.807, 2.05) is 0 Å². The number of ketones is 1. The van der Waals surface area contributed by atoms with Gasteiger partial charge in [-0.1, -0.05) is 0 Å². The number of fused-ring (bicyclic) bond motifs is 1. The smallest absolute Gasteiger partial charge is 0.310 e. The summed E-state index contributed by atoms with van der Waals surface area (Å²) in [6.07, 6.45) is 1.42. The first-order valence-corrected chi connectivity index (χ1v) is 10.7. The third-order valence-electron chi connectivity index (χ3n) is 6.87. The van der Waals surface area contributed by atoms with Crippen LogP contribution in [0.4, 0.5) is 5.69 Å². The number of aryl methyl sites for hydroxylation is 1. The molecule has 2 aliphatic carbocycles. The Kier molecular flexibility index (Phi) is 5.11. The normalized spacial score (nSPS) is 26.7. The Balaban J connectivity index is 1.20. The van der Waals surface area contributed by atoms with Crippen molar-refractivity contribution in [1.29, 1.82) is 0 Å². The molecule has 0 unspecified atom stereocenters. The monoisotopic (exact) mass is 451 g/mol. The number of esters is 2. The molecule has 2 bridgehead atoms. The molecule has 1 aliphatic heterocycles. The molecule has 0 aromatic heterocycles. The van der Waals surface area contributed by atoms with Gasteiger partial charge in [-0.25, -0.2) is 0 Å². The van der Waals surface area contributed by atoms with Crippen LogP contribution in [0.5, 0.6) is 11.5 Å². The number of nitrogens with zero attached hydrogens (tertiary/aromatic N) is 1. The highest BCUT2D eigenvalue weighted by Gasteiger charge is 2.64. The van der Waals surface area contributed by atoms with E-state index in [1.54, 1.807) is 25.1 Å². The maximum absolute atomic E-state index is 12.7. The zero-order chi connectivity index (χ0) is 23.3. The summed E-state index contributed by atoms with van der Waals surface area (Å²) in [6, 6.07) is 10.5. The zero-order valence-electron chi connectivity index (χ0n) is 17.8. The molecule has 33 heavy (non-hydrogen) atoms. The van der Waals surface area contributed by atoms with Gasteiger partial charge in [-0.3, -0.25) is 24.5 Å². The lowest BCUT2D eigenvalue weighted by molar-refractivity contribution is -0.384. The van der Waals surface area contributed by atoms with Gasteiger partial charge in [0.1, 0.15) is 17.6 Å². The van der Waals surface area contributed by atoms with Gasteiger partial charge in [-0.15, -0.1) is 0 Å². The summed E-state index contributed by atoms with van der Waals surface area (Å²) in [5, 5.41) is 10.8. The van der Waals surface area contributed by atoms with E-state index in [-0.39, 0.29) is 35.4 Å². The van der Waals surface area contributed by atoms with Gasteiger partial charge in [0.25, 0.3) is 5.69 Å². The number of non-ortho nitro benzene ring substituents is 1. The summed E-state index contributed by atoms with van der Waals surface area (Å²) < 4.78 is 16.4. The molecule has 3 aliphatic rings. The lowest BCUT2D eigenvalue weighted by Gasteiger charge is -2.22. The number of nitro groups is 1. The number of hydrogen-bond donors (Lipinski definition) is 0. The number of hydrogen-bond acceptors (Lipinski definition) is 8. The van der Waals surface area contributed by atoms with E-state index in [2.05, 4.69) is 0 Å². The third kappa shape index (κ3) is 3.73.